The van der Waals surface area contributed by atoms with Crippen molar-refractivity contribution in [1.29, 1.82) is 0 Å². The van der Waals surface area contributed by atoms with Gasteiger partial charge in [0.25, 0.3) is 15.9 Å². The molecule has 0 bridgehead atoms. The Morgan fingerprint density at radius 3 is 2.32 bits per heavy atom. The van der Waals surface area contributed by atoms with E-state index in [4.69, 9.17) is 11.6 Å². The molecule has 0 saturated carbocycles. The smallest absolute Gasteiger partial charge is 0.261 e. The van der Waals surface area contributed by atoms with Gasteiger partial charge in [0.15, 0.2) is 0 Å². The summed E-state index contributed by atoms with van der Waals surface area (Å²) in [6, 6.07) is 21.1. The van der Waals surface area contributed by atoms with Crippen LogP contribution in [0.2, 0.25) is 5.02 Å². The van der Waals surface area contributed by atoms with Crippen LogP contribution in [-0.2, 0) is 16.4 Å². The lowest BCUT2D eigenvalue weighted by Gasteiger charge is -2.15. The summed E-state index contributed by atoms with van der Waals surface area (Å²) in [6.07, 6.45) is 1.65. The first kappa shape index (κ1) is 22.8. The molecule has 0 spiro atoms. The lowest BCUT2D eigenvalue weighted by molar-refractivity contribution is 0.0938. The summed E-state index contributed by atoms with van der Waals surface area (Å²) in [5.74, 6) is -0.293. The van der Waals surface area contributed by atoms with Gasteiger partial charge in [0, 0.05) is 6.04 Å². The fourth-order valence-corrected chi connectivity index (χ4v) is 4.41. The van der Waals surface area contributed by atoms with E-state index < -0.39 is 10.0 Å². The molecule has 162 valence electrons. The van der Waals surface area contributed by atoms with Crippen molar-refractivity contribution in [2.24, 2.45) is 0 Å². The molecule has 0 heterocycles. The Bertz CT molecular complexity index is 1150. The van der Waals surface area contributed by atoms with Gasteiger partial charge in [-0.1, -0.05) is 59.6 Å². The molecule has 5 nitrogen and oxygen atoms in total. The number of anilines is 1. The minimum absolute atomic E-state index is 0.0384. The number of amides is 1. The maximum atomic E-state index is 12.6. The molecule has 2 N–H and O–H groups in total. The Morgan fingerprint density at radius 1 is 1.00 bits per heavy atom. The molecular formula is C24H25ClN2O3S. The van der Waals surface area contributed by atoms with Gasteiger partial charge in [-0.15, -0.1) is 0 Å². The Hall–Kier alpha value is -2.83. The van der Waals surface area contributed by atoms with E-state index in [0.29, 0.717) is 11.3 Å². The van der Waals surface area contributed by atoms with E-state index in [1.54, 1.807) is 12.1 Å². The highest BCUT2D eigenvalue weighted by Gasteiger charge is 2.17. The standard InChI is InChI=1S/C24H25ClN2O3S/c1-17-8-13-21(14-9-17)31(29,30)27-20-12-15-22(23(25)16-20)24(28)26-18(2)10-11-19-6-4-3-5-7-19/h3-9,12-16,18,27H,10-11H2,1-2H3,(H,26,28)/t18-/m1/s1. The lowest BCUT2D eigenvalue weighted by atomic mass is 10.1. The first-order valence-electron chi connectivity index (χ1n) is 9.98. The average molecular weight is 457 g/mol. The molecule has 3 aromatic carbocycles. The summed E-state index contributed by atoms with van der Waals surface area (Å²) >= 11 is 6.28. The van der Waals surface area contributed by atoms with Crippen LogP contribution in [0.4, 0.5) is 5.69 Å². The Balaban J connectivity index is 1.63. The van der Waals surface area contributed by atoms with Crippen LogP contribution in [0.5, 0.6) is 0 Å². The number of carbonyl (C=O) groups excluding carboxylic acids is 1. The molecule has 7 heteroatoms. The number of rotatable bonds is 8. The Labute approximate surface area is 188 Å². The molecule has 0 aliphatic heterocycles. The number of carbonyl (C=O) groups is 1. The zero-order valence-electron chi connectivity index (χ0n) is 17.4. The predicted molar refractivity (Wildman–Crippen MR) is 125 cm³/mol. The zero-order chi connectivity index (χ0) is 22.4. The van der Waals surface area contributed by atoms with Gasteiger partial charge < -0.3 is 5.32 Å². The van der Waals surface area contributed by atoms with Crippen molar-refractivity contribution in [3.8, 4) is 0 Å². The molecule has 0 aliphatic rings. The Kier molecular flexibility index (Phi) is 7.36. The first-order valence-corrected chi connectivity index (χ1v) is 11.8. The second-order valence-corrected chi connectivity index (χ2v) is 9.60. The minimum atomic E-state index is -3.74. The molecule has 1 amide bonds. The van der Waals surface area contributed by atoms with E-state index in [0.717, 1.165) is 18.4 Å². The second-order valence-electron chi connectivity index (χ2n) is 7.51. The maximum Gasteiger partial charge on any atom is 0.261 e. The number of benzene rings is 3. The molecule has 0 saturated heterocycles. The monoisotopic (exact) mass is 456 g/mol. The van der Waals surface area contributed by atoms with Gasteiger partial charge in [-0.3, -0.25) is 9.52 Å². The quantitative estimate of drug-likeness (QED) is 0.489. The summed E-state index contributed by atoms with van der Waals surface area (Å²) < 4.78 is 27.6. The van der Waals surface area contributed by atoms with Crippen LogP contribution < -0.4 is 10.0 Å². The largest absolute Gasteiger partial charge is 0.350 e. The second kappa shape index (κ2) is 9.98. The van der Waals surface area contributed by atoms with E-state index in [2.05, 4.69) is 22.2 Å². The lowest BCUT2D eigenvalue weighted by Crippen LogP contribution is -2.33. The molecule has 3 rings (SSSR count). The van der Waals surface area contributed by atoms with Gasteiger partial charge >= 0.3 is 0 Å². The van der Waals surface area contributed by atoms with E-state index in [9.17, 15) is 13.2 Å². The van der Waals surface area contributed by atoms with Crippen LogP contribution in [-0.4, -0.2) is 20.4 Å². The van der Waals surface area contributed by atoms with Crippen molar-refractivity contribution < 1.29 is 13.2 Å². The van der Waals surface area contributed by atoms with Crippen molar-refractivity contribution >= 4 is 33.2 Å². The fourth-order valence-electron chi connectivity index (χ4n) is 3.10. The summed E-state index contributed by atoms with van der Waals surface area (Å²) in [5, 5.41) is 3.12. The third-order valence-corrected chi connectivity index (χ3v) is 6.59. The third-order valence-electron chi connectivity index (χ3n) is 4.88. The molecule has 0 aromatic heterocycles. The Morgan fingerprint density at radius 2 is 1.68 bits per heavy atom. The summed E-state index contributed by atoms with van der Waals surface area (Å²) in [4.78, 5) is 12.8. The number of hydrogen-bond donors (Lipinski definition) is 2. The van der Waals surface area contributed by atoms with Gasteiger partial charge in [0.05, 0.1) is 21.2 Å². The van der Waals surface area contributed by atoms with Gasteiger partial charge in [-0.2, -0.15) is 0 Å². The third kappa shape index (κ3) is 6.32. The predicted octanol–water partition coefficient (Wildman–Crippen LogP) is 5.20. The van der Waals surface area contributed by atoms with Crippen LogP contribution in [0.1, 0.15) is 34.8 Å². The number of aryl methyl sites for hydroxylation is 2. The van der Waals surface area contributed by atoms with Gasteiger partial charge in [0.1, 0.15) is 0 Å². The van der Waals surface area contributed by atoms with Gasteiger partial charge in [-0.05, 0) is 62.6 Å². The van der Waals surface area contributed by atoms with E-state index in [-0.39, 0.29) is 21.9 Å². The van der Waals surface area contributed by atoms with Crippen molar-refractivity contribution in [1.82, 2.24) is 5.32 Å². The molecule has 31 heavy (non-hydrogen) atoms. The summed E-state index contributed by atoms with van der Waals surface area (Å²) in [5.41, 5.74) is 2.77. The van der Waals surface area contributed by atoms with E-state index >= 15 is 0 Å². The topological polar surface area (TPSA) is 75.3 Å². The molecule has 0 fully saturated rings. The zero-order valence-corrected chi connectivity index (χ0v) is 19.0. The molecule has 0 unspecified atom stereocenters. The van der Waals surface area contributed by atoms with Crippen molar-refractivity contribution in [2.75, 3.05) is 4.72 Å². The molecule has 1 atom stereocenters. The average Bonchev–Trinajstić information content (AvgIpc) is 2.73. The normalized spacial score (nSPS) is 12.2. The minimum Gasteiger partial charge on any atom is -0.350 e. The maximum absolute atomic E-state index is 12.6. The molecule has 0 radical (unpaired) electrons. The number of nitrogens with one attached hydrogen (secondary N) is 2. The number of sulfonamides is 1. The van der Waals surface area contributed by atoms with E-state index in [1.807, 2.05) is 32.0 Å². The van der Waals surface area contributed by atoms with E-state index in [1.165, 1.54) is 35.9 Å². The van der Waals surface area contributed by atoms with Gasteiger partial charge in [0.2, 0.25) is 0 Å². The highest BCUT2D eigenvalue weighted by molar-refractivity contribution is 7.92. The number of hydrogen-bond acceptors (Lipinski definition) is 3. The first-order chi connectivity index (χ1) is 14.7. The van der Waals surface area contributed by atoms with Crippen LogP contribution in [0.3, 0.4) is 0 Å². The highest BCUT2D eigenvalue weighted by atomic mass is 35.5. The van der Waals surface area contributed by atoms with Crippen molar-refractivity contribution in [3.05, 3.63) is 94.5 Å². The van der Waals surface area contributed by atoms with Crippen LogP contribution in [0.15, 0.2) is 77.7 Å². The van der Waals surface area contributed by atoms with Crippen LogP contribution in [0.25, 0.3) is 0 Å². The van der Waals surface area contributed by atoms with Crippen molar-refractivity contribution in [3.63, 3.8) is 0 Å². The molecule has 0 aliphatic carbocycles. The molecular weight excluding hydrogens is 432 g/mol. The highest BCUT2D eigenvalue weighted by Crippen LogP contribution is 2.24. The van der Waals surface area contributed by atoms with Crippen molar-refractivity contribution in [2.45, 2.75) is 37.6 Å². The summed E-state index contributed by atoms with van der Waals surface area (Å²) in [7, 11) is -3.74. The fraction of sp³-hybridized carbons (Fsp3) is 0.208. The molecule has 3 aromatic rings. The number of halogens is 1. The van der Waals surface area contributed by atoms with Gasteiger partial charge in [-0.25, -0.2) is 8.42 Å². The van der Waals surface area contributed by atoms with Crippen LogP contribution in [0, 0.1) is 6.92 Å². The SMILES string of the molecule is Cc1ccc(S(=O)(=O)Nc2ccc(C(=O)N[C@H](C)CCc3ccccc3)c(Cl)c2)cc1. The summed E-state index contributed by atoms with van der Waals surface area (Å²) in [6.45, 7) is 3.83. The van der Waals surface area contributed by atoms with Crippen LogP contribution >= 0.6 is 11.6 Å².